The highest BCUT2D eigenvalue weighted by Crippen LogP contribution is 2.43. The summed E-state index contributed by atoms with van der Waals surface area (Å²) < 4.78 is 47.4. The first kappa shape index (κ1) is 54.8. The first-order valence-corrected chi connectivity index (χ1v) is 23.7. The van der Waals surface area contributed by atoms with Gasteiger partial charge in [-0.1, -0.05) is 134 Å². The fraction of sp³-hybridized carbons (Fsp3) is 0.732. The van der Waals surface area contributed by atoms with Crippen LogP contribution in [0.25, 0.3) is 0 Å². The Kier molecular flexibility index (Phi) is 34.3. The van der Waals surface area contributed by atoms with Crippen LogP contribution in [0.3, 0.4) is 0 Å². The van der Waals surface area contributed by atoms with Crippen LogP contribution in [-0.2, 0) is 46.6 Å². The Labute approximate surface area is 341 Å². The molecule has 0 aliphatic carbocycles. The number of phosphoric ester groups is 2. The minimum absolute atomic E-state index is 0.0804. The summed E-state index contributed by atoms with van der Waals surface area (Å²) in [6.45, 7) is 3.71. The summed E-state index contributed by atoms with van der Waals surface area (Å²) in [5.74, 6) is -0.712. The van der Waals surface area contributed by atoms with E-state index in [0.717, 1.165) is 50.9 Å². The first-order valence-electron chi connectivity index (χ1n) is 20.6. The van der Waals surface area contributed by atoms with Crippen LogP contribution in [0.1, 0.15) is 149 Å². The molecule has 1 unspecified atom stereocenters. The third-order valence-corrected chi connectivity index (χ3v) is 9.80. The van der Waals surface area contributed by atoms with Crippen molar-refractivity contribution in [1.29, 1.82) is 0 Å². The van der Waals surface area contributed by atoms with Crippen LogP contribution in [0.5, 0.6) is 0 Å². The third-order valence-electron chi connectivity index (χ3n) is 8.36. The van der Waals surface area contributed by atoms with Gasteiger partial charge in [-0.15, -0.1) is 0 Å². The SMILES string of the molecule is CCCCC/C=C\C/C=C\C/C=C\C=C\C(=O)CCCC(=O)OC[C@H](COP(=O)(O)OC[C@@H](O)COP(=O)(O)O)OC(=O)CCCCCCCCCCCC(C)C. The van der Waals surface area contributed by atoms with Crippen molar-refractivity contribution in [2.24, 2.45) is 5.92 Å². The van der Waals surface area contributed by atoms with E-state index in [-0.39, 0.29) is 31.5 Å². The minimum Gasteiger partial charge on any atom is -0.462 e. The summed E-state index contributed by atoms with van der Waals surface area (Å²) in [5.41, 5.74) is 0. The number of allylic oxidation sites excluding steroid dienone is 8. The molecule has 0 heterocycles. The van der Waals surface area contributed by atoms with Gasteiger partial charge in [-0.3, -0.25) is 28.0 Å². The normalized spacial score (nSPS) is 14.6. The topological polar surface area (TPSA) is 212 Å². The van der Waals surface area contributed by atoms with Crippen molar-refractivity contribution in [3.05, 3.63) is 48.6 Å². The molecule has 0 rings (SSSR count). The van der Waals surface area contributed by atoms with Gasteiger partial charge in [0.1, 0.15) is 12.7 Å². The molecule has 57 heavy (non-hydrogen) atoms. The lowest BCUT2D eigenvalue weighted by Gasteiger charge is -2.20. The van der Waals surface area contributed by atoms with Crippen molar-refractivity contribution in [2.75, 3.05) is 26.4 Å². The van der Waals surface area contributed by atoms with Gasteiger partial charge in [0, 0.05) is 19.3 Å². The van der Waals surface area contributed by atoms with Gasteiger partial charge in [0.15, 0.2) is 11.9 Å². The lowest BCUT2D eigenvalue weighted by Crippen LogP contribution is -2.30. The zero-order valence-electron chi connectivity index (χ0n) is 34.6. The summed E-state index contributed by atoms with van der Waals surface area (Å²) in [5, 5.41) is 9.72. The van der Waals surface area contributed by atoms with Gasteiger partial charge in [0.25, 0.3) is 0 Å². The van der Waals surface area contributed by atoms with Gasteiger partial charge in [0.05, 0.1) is 19.8 Å². The molecule has 16 heteroatoms. The van der Waals surface area contributed by atoms with Crippen molar-refractivity contribution < 1.29 is 66.3 Å². The molecular weight excluding hydrogens is 778 g/mol. The largest absolute Gasteiger partial charge is 0.472 e. The Morgan fingerprint density at radius 3 is 1.84 bits per heavy atom. The molecule has 3 atom stereocenters. The van der Waals surface area contributed by atoms with Crippen LogP contribution in [0.4, 0.5) is 0 Å². The van der Waals surface area contributed by atoms with E-state index in [4.69, 9.17) is 23.8 Å². The summed E-state index contributed by atoms with van der Waals surface area (Å²) >= 11 is 0. The number of carbonyl (C=O) groups is 3. The average molecular weight is 851 g/mol. The highest BCUT2D eigenvalue weighted by Gasteiger charge is 2.28. The first-order chi connectivity index (χ1) is 27.1. The lowest BCUT2D eigenvalue weighted by molar-refractivity contribution is -0.161. The lowest BCUT2D eigenvalue weighted by atomic mass is 10.0. The number of carbonyl (C=O) groups excluding carboxylic acids is 3. The standard InChI is InChI=1S/C41H72O14P2/c1-4-5-6-7-8-9-10-11-12-15-18-21-24-28-37(42)29-26-31-40(44)51-34-39(35-54-57(49,50)53-33-38(43)32-52-56(46,47)48)55-41(45)30-25-22-19-16-13-14-17-20-23-27-36(2)3/h8-9,11-12,18,21,24,28,36,38-39,43H,4-7,10,13-17,19-20,22-23,25-27,29-35H2,1-3H3,(H,49,50)(H2,46,47,48)/b9-8-,12-11-,21-18-,28-24+/t38-,39+/m0/s1. The Morgan fingerprint density at radius 2 is 1.19 bits per heavy atom. The molecule has 14 nitrogen and oxygen atoms in total. The molecular formula is C41H72O14P2. The smallest absolute Gasteiger partial charge is 0.462 e. The minimum atomic E-state index is -4.88. The maximum atomic E-state index is 12.6. The third kappa shape index (κ3) is 40.3. The van der Waals surface area contributed by atoms with Crippen molar-refractivity contribution in [1.82, 2.24) is 0 Å². The number of aliphatic hydroxyl groups excluding tert-OH is 1. The molecule has 4 N–H and O–H groups in total. The van der Waals surface area contributed by atoms with Gasteiger partial charge < -0.3 is 29.3 Å². The van der Waals surface area contributed by atoms with E-state index in [1.807, 2.05) is 6.08 Å². The number of unbranched alkanes of at least 4 members (excludes halogenated alkanes) is 11. The van der Waals surface area contributed by atoms with E-state index in [2.05, 4.69) is 54.1 Å². The molecule has 0 aromatic carbocycles. The van der Waals surface area contributed by atoms with Gasteiger partial charge in [-0.05, 0) is 50.5 Å². The maximum absolute atomic E-state index is 12.6. The average Bonchev–Trinajstić information content (AvgIpc) is 3.14. The maximum Gasteiger partial charge on any atom is 0.472 e. The van der Waals surface area contributed by atoms with Gasteiger partial charge in [-0.25, -0.2) is 9.13 Å². The number of phosphoric acid groups is 2. The Bertz CT molecular complexity index is 1270. The van der Waals surface area contributed by atoms with E-state index in [9.17, 15) is 33.5 Å². The fourth-order valence-electron chi connectivity index (χ4n) is 5.19. The quantitative estimate of drug-likeness (QED) is 0.0114. The van der Waals surface area contributed by atoms with Crippen LogP contribution in [0.15, 0.2) is 48.6 Å². The molecule has 0 amide bonds. The summed E-state index contributed by atoms with van der Waals surface area (Å²) in [7, 11) is -9.74. The van der Waals surface area contributed by atoms with Crippen molar-refractivity contribution in [3.8, 4) is 0 Å². The zero-order valence-corrected chi connectivity index (χ0v) is 36.4. The summed E-state index contributed by atoms with van der Waals surface area (Å²) in [6.07, 6.45) is 30.0. The molecule has 0 aliphatic heterocycles. The monoisotopic (exact) mass is 850 g/mol. The zero-order chi connectivity index (χ0) is 42.6. The molecule has 330 valence electrons. The number of rotatable bonds is 38. The summed E-state index contributed by atoms with van der Waals surface area (Å²) in [6, 6.07) is 0. The predicted octanol–water partition coefficient (Wildman–Crippen LogP) is 9.32. The molecule has 0 radical (unpaired) electrons. The van der Waals surface area contributed by atoms with Crippen LogP contribution in [0.2, 0.25) is 0 Å². The summed E-state index contributed by atoms with van der Waals surface area (Å²) in [4.78, 5) is 64.7. The van der Waals surface area contributed by atoms with E-state index in [1.165, 1.54) is 57.4 Å². The van der Waals surface area contributed by atoms with E-state index < -0.39 is 66.2 Å². The fourth-order valence-corrected chi connectivity index (χ4v) is 6.35. The van der Waals surface area contributed by atoms with Crippen molar-refractivity contribution in [3.63, 3.8) is 0 Å². The van der Waals surface area contributed by atoms with Gasteiger partial charge >= 0.3 is 27.6 Å². The van der Waals surface area contributed by atoms with Crippen LogP contribution in [0, 0.1) is 5.92 Å². The van der Waals surface area contributed by atoms with Crippen molar-refractivity contribution in [2.45, 2.75) is 161 Å². The molecule has 0 saturated heterocycles. The number of hydrogen-bond donors (Lipinski definition) is 4. The van der Waals surface area contributed by atoms with E-state index in [0.29, 0.717) is 6.42 Å². The van der Waals surface area contributed by atoms with Crippen LogP contribution in [-0.4, -0.2) is 76.1 Å². The second kappa shape index (κ2) is 35.7. The molecule has 0 spiro atoms. The van der Waals surface area contributed by atoms with Gasteiger partial charge in [0.2, 0.25) is 0 Å². The number of hydrogen-bond acceptors (Lipinski definition) is 11. The molecule has 0 aromatic rings. The van der Waals surface area contributed by atoms with Gasteiger partial charge in [-0.2, -0.15) is 0 Å². The number of ketones is 1. The molecule has 0 aromatic heterocycles. The highest BCUT2D eigenvalue weighted by molar-refractivity contribution is 7.47. The predicted molar refractivity (Wildman–Crippen MR) is 221 cm³/mol. The van der Waals surface area contributed by atoms with Crippen LogP contribution < -0.4 is 0 Å². The molecule has 0 aliphatic rings. The molecule has 0 saturated carbocycles. The Balaban J connectivity index is 4.74. The highest BCUT2D eigenvalue weighted by atomic mass is 31.2. The number of esters is 2. The van der Waals surface area contributed by atoms with Crippen LogP contribution >= 0.6 is 15.6 Å². The number of aliphatic hydroxyl groups is 1. The molecule has 0 fully saturated rings. The second-order valence-corrected chi connectivity index (χ2v) is 17.1. The van der Waals surface area contributed by atoms with E-state index in [1.54, 1.807) is 12.2 Å². The molecule has 0 bridgehead atoms. The Morgan fingerprint density at radius 1 is 0.614 bits per heavy atom. The van der Waals surface area contributed by atoms with Crippen molar-refractivity contribution >= 4 is 33.4 Å². The second-order valence-electron chi connectivity index (χ2n) is 14.4. The van der Waals surface area contributed by atoms with E-state index >= 15 is 0 Å². The Hall–Kier alpha value is -2.25. The number of ether oxygens (including phenoxy) is 2.